The molecule has 1 saturated heterocycles. The first-order chi connectivity index (χ1) is 12.8. The van der Waals surface area contributed by atoms with Gasteiger partial charge in [0.1, 0.15) is 11.2 Å². The first-order valence-electron chi connectivity index (χ1n) is 8.96. The zero-order valence-electron chi connectivity index (χ0n) is 14.9. The smallest absolute Gasteiger partial charge is 0.341 e. The van der Waals surface area contributed by atoms with Gasteiger partial charge < -0.3 is 25.6 Å². The second-order valence-corrected chi connectivity index (χ2v) is 7.22. The van der Waals surface area contributed by atoms with Gasteiger partial charge in [-0.3, -0.25) is 9.59 Å². The molecule has 9 heteroatoms. The number of nitrogen functional groups attached to an aromatic ring is 1. The quantitative estimate of drug-likeness (QED) is 0.722. The van der Waals surface area contributed by atoms with Crippen LogP contribution in [0.3, 0.4) is 0 Å². The fraction of sp³-hybridized carbons (Fsp3) is 0.444. The Morgan fingerprint density at radius 1 is 1.33 bits per heavy atom. The Labute approximate surface area is 154 Å². The average molecular weight is 371 g/mol. The van der Waals surface area contributed by atoms with Crippen LogP contribution in [0.25, 0.3) is 11.0 Å². The number of nitrogens with zero attached hydrogens (tertiary/aromatic N) is 3. The maximum Gasteiger partial charge on any atom is 0.341 e. The summed E-state index contributed by atoms with van der Waals surface area (Å²) in [5.74, 6) is -0.770. The van der Waals surface area contributed by atoms with Crippen molar-refractivity contribution >= 4 is 34.4 Å². The molecule has 2 aromatic heterocycles. The van der Waals surface area contributed by atoms with E-state index in [1.807, 2.05) is 4.90 Å². The molecule has 3 heterocycles. The summed E-state index contributed by atoms with van der Waals surface area (Å²) in [6.07, 6.45) is 4.02. The number of rotatable bonds is 4. The van der Waals surface area contributed by atoms with Crippen molar-refractivity contribution in [2.24, 2.45) is 0 Å². The Hall–Kier alpha value is -3.10. The van der Waals surface area contributed by atoms with Crippen LogP contribution in [0.15, 0.2) is 17.1 Å². The van der Waals surface area contributed by atoms with Gasteiger partial charge in [-0.05, 0) is 25.3 Å². The van der Waals surface area contributed by atoms with E-state index >= 15 is 0 Å². The number of carboxylic acids is 1. The predicted octanol–water partition coefficient (Wildman–Crippen LogP) is 0.727. The monoisotopic (exact) mass is 371 g/mol. The summed E-state index contributed by atoms with van der Waals surface area (Å²) in [6, 6.07) is 1.71. The molecule has 1 saturated carbocycles. The maximum atomic E-state index is 12.6. The highest BCUT2D eigenvalue weighted by molar-refractivity contribution is 5.93. The summed E-state index contributed by atoms with van der Waals surface area (Å²) < 4.78 is 1.78. The van der Waals surface area contributed by atoms with E-state index in [4.69, 9.17) is 5.73 Å². The van der Waals surface area contributed by atoms with Gasteiger partial charge in [0.2, 0.25) is 11.3 Å². The minimum Gasteiger partial charge on any atom is -0.477 e. The lowest BCUT2D eigenvalue weighted by Gasteiger charge is -2.21. The SMILES string of the molecule is CC(=O)NC1CCN(c2nc3c(cc2N)c(=O)c(C(=O)O)cn3C2CC2)C1. The summed E-state index contributed by atoms with van der Waals surface area (Å²) in [4.78, 5) is 41.9. The van der Waals surface area contributed by atoms with Crippen LogP contribution in [-0.2, 0) is 4.79 Å². The fourth-order valence-corrected chi connectivity index (χ4v) is 3.67. The molecule has 2 aliphatic rings. The van der Waals surface area contributed by atoms with Gasteiger partial charge in [0.25, 0.3) is 0 Å². The zero-order valence-corrected chi connectivity index (χ0v) is 14.9. The van der Waals surface area contributed by atoms with Crippen molar-refractivity contribution in [2.45, 2.75) is 38.3 Å². The average Bonchev–Trinajstić information content (AvgIpc) is 3.34. The molecule has 2 aromatic rings. The van der Waals surface area contributed by atoms with E-state index in [0.29, 0.717) is 30.2 Å². The van der Waals surface area contributed by atoms with E-state index < -0.39 is 11.4 Å². The number of carboxylic acid groups (broad SMARTS) is 1. The largest absolute Gasteiger partial charge is 0.477 e. The van der Waals surface area contributed by atoms with Crippen LogP contribution in [0.1, 0.15) is 42.6 Å². The van der Waals surface area contributed by atoms with Gasteiger partial charge in [0, 0.05) is 38.3 Å². The predicted molar refractivity (Wildman–Crippen MR) is 100 cm³/mol. The molecule has 0 radical (unpaired) electrons. The summed E-state index contributed by atoms with van der Waals surface area (Å²) in [5.41, 5.74) is 6.11. The Morgan fingerprint density at radius 3 is 2.70 bits per heavy atom. The van der Waals surface area contributed by atoms with E-state index in [2.05, 4.69) is 10.3 Å². The Morgan fingerprint density at radius 2 is 2.07 bits per heavy atom. The molecule has 0 aromatic carbocycles. The number of carbonyl (C=O) groups excluding carboxylic acids is 1. The van der Waals surface area contributed by atoms with E-state index in [-0.39, 0.29) is 28.9 Å². The summed E-state index contributed by atoms with van der Waals surface area (Å²) >= 11 is 0. The standard InChI is InChI=1S/C18H21N5O4/c1-9(24)20-10-4-5-22(7-10)17-14(19)6-12-15(25)13(18(26)27)8-23(11-2-3-11)16(12)21-17/h6,8,10-11H,2-5,7,19H2,1H3,(H,20,24)(H,26,27). The Kier molecular flexibility index (Phi) is 4.01. The molecule has 4 N–H and O–H groups in total. The molecular weight excluding hydrogens is 350 g/mol. The van der Waals surface area contributed by atoms with Gasteiger partial charge in [-0.15, -0.1) is 0 Å². The highest BCUT2D eigenvalue weighted by Gasteiger charge is 2.30. The Balaban J connectivity index is 1.80. The van der Waals surface area contributed by atoms with Gasteiger partial charge in [-0.25, -0.2) is 9.78 Å². The van der Waals surface area contributed by atoms with Gasteiger partial charge in [0.15, 0.2) is 5.82 Å². The van der Waals surface area contributed by atoms with Gasteiger partial charge in [-0.2, -0.15) is 0 Å². The lowest BCUT2D eigenvalue weighted by atomic mass is 10.1. The van der Waals surface area contributed by atoms with Crippen molar-refractivity contribution in [3.63, 3.8) is 0 Å². The van der Waals surface area contributed by atoms with Crippen LogP contribution in [0.4, 0.5) is 11.5 Å². The number of fused-ring (bicyclic) bond motifs is 1. The number of nitrogens with one attached hydrogen (secondary N) is 1. The second-order valence-electron chi connectivity index (χ2n) is 7.22. The molecule has 1 amide bonds. The van der Waals surface area contributed by atoms with Crippen LogP contribution in [-0.4, -0.2) is 45.7 Å². The number of pyridine rings is 2. The number of anilines is 2. The summed E-state index contributed by atoms with van der Waals surface area (Å²) in [6.45, 7) is 2.76. The molecule has 27 heavy (non-hydrogen) atoms. The molecule has 9 nitrogen and oxygen atoms in total. The first kappa shape index (κ1) is 17.3. The zero-order chi connectivity index (χ0) is 19.3. The van der Waals surface area contributed by atoms with Crippen molar-refractivity contribution in [3.05, 3.63) is 28.0 Å². The highest BCUT2D eigenvalue weighted by atomic mass is 16.4. The van der Waals surface area contributed by atoms with Crippen LogP contribution >= 0.6 is 0 Å². The third kappa shape index (κ3) is 3.09. The molecule has 142 valence electrons. The van der Waals surface area contributed by atoms with Gasteiger partial charge in [-0.1, -0.05) is 0 Å². The lowest BCUT2D eigenvalue weighted by Crippen LogP contribution is -2.35. The van der Waals surface area contributed by atoms with Gasteiger partial charge >= 0.3 is 5.97 Å². The summed E-state index contributed by atoms with van der Waals surface area (Å²) in [5, 5.41) is 12.5. The Bertz CT molecular complexity index is 1010. The second kappa shape index (κ2) is 6.26. The topological polar surface area (TPSA) is 131 Å². The van der Waals surface area contributed by atoms with Crippen LogP contribution in [0, 0.1) is 0 Å². The van der Waals surface area contributed by atoms with Crippen molar-refractivity contribution in [1.82, 2.24) is 14.9 Å². The molecule has 2 fully saturated rings. The number of amides is 1. The third-order valence-corrected chi connectivity index (χ3v) is 5.08. The molecule has 0 bridgehead atoms. The van der Waals surface area contributed by atoms with E-state index in [1.54, 1.807) is 4.57 Å². The van der Waals surface area contributed by atoms with E-state index in [9.17, 15) is 19.5 Å². The highest BCUT2D eigenvalue weighted by Crippen LogP contribution is 2.37. The first-order valence-corrected chi connectivity index (χ1v) is 8.96. The summed E-state index contributed by atoms with van der Waals surface area (Å²) in [7, 11) is 0. The van der Waals surface area contributed by atoms with E-state index in [1.165, 1.54) is 19.2 Å². The van der Waals surface area contributed by atoms with Crippen molar-refractivity contribution < 1.29 is 14.7 Å². The molecule has 0 spiro atoms. The molecule has 1 atom stereocenters. The van der Waals surface area contributed by atoms with E-state index in [0.717, 1.165) is 19.3 Å². The molecule has 1 aliphatic carbocycles. The fourth-order valence-electron chi connectivity index (χ4n) is 3.67. The van der Waals surface area contributed by atoms with Crippen LogP contribution < -0.4 is 21.4 Å². The lowest BCUT2D eigenvalue weighted by molar-refractivity contribution is -0.119. The third-order valence-electron chi connectivity index (χ3n) is 5.08. The number of hydrogen-bond donors (Lipinski definition) is 3. The normalized spacial score (nSPS) is 19.4. The van der Waals surface area contributed by atoms with Crippen molar-refractivity contribution in [3.8, 4) is 0 Å². The molecule has 1 unspecified atom stereocenters. The van der Waals surface area contributed by atoms with Gasteiger partial charge in [0.05, 0.1) is 11.1 Å². The van der Waals surface area contributed by atoms with Crippen LogP contribution in [0.5, 0.6) is 0 Å². The minimum atomic E-state index is -1.25. The maximum absolute atomic E-state index is 12.6. The molecule has 4 rings (SSSR count). The number of hydrogen-bond acceptors (Lipinski definition) is 6. The number of aromatic carboxylic acids is 1. The minimum absolute atomic E-state index is 0.0272. The van der Waals surface area contributed by atoms with Crippen molar-refractivity contribution in [2.75, 3.05) is 23.7 Å². The number of nitrogens with two attached hydrogens (primary N) is 1. The van der Waals surface area contributed by atoms with Crippen LogP contribution in [0.2, 0.25) is 0 Å². The molecular formula is C18H21N5O4. The number of carbonyl (C=O) groups is 2. The number of aromatic nitrogens is 2. The van der Waals surface area contributed by atoms with Crippen molar-refractivity contribution in [1.29, 1.82) is 0 Å². The molecule has 1 aliphatic heterocycles.